The third kappa shape index (κ3) is 5.85. The van der Waals surface area contributed by atoms with Crippen LogP contribution in [-0.4, -0.2) is 24.1 Å². The lowest BCUT2D eigenvalue weighted by Gasteiger charge is -2.14. The van der Waals surface area contributed by atoms with Crippen LogP contribution >= 0.6 is 0 Å². The summed E-state index contributed by atoms with van der Waals surface area (Å²) in [6.07, 6.45) is 0. The summed E-state index contributed by atoms with van der Waals surface area (Å²) >= 11 is 0. The van der Waals surface area contributed by atoms with Gasteiger partial charge in [0.15, 0.2) is 17.5 Å². The average molecular weight is 896 g/mol. The lowest BCUT2D eigenvalue weighted by atomic mass is 10.0. The molecule has 0 aliphatic rings. The zero-order valence-corrected chi connectivity index (χ0v) is 37.4. The van der Waals surface area contributed by atoms with E-state index in [1.54, 1.807) is 0 Å². The fourth-order valence-corrected chi connectivity index (χ4v) is 10.8. The van der Waals surface area contributed by atoms with Crippen LogP contribution in [0.5, 0.6) is 0 Å². The van der Waals surface area contributed by atoms with E-state index in [2.05, 4.69) is 185 Å². The van der Waals surface area contributed by atoms with Crippen LogP contribution in [0.2, 0.25) is 0 Å². The van der Waals surface area contributed by atoms with Gasteiger partial charge in [-0.05, 0) is 102 Å². The minimum Gasteiger partial charge on any atom is -0.456 e. The highest BCUT2D eigenvalue weighted by Gasteiger charge is 2.22. The van der Waals surface area contributed by atoms with Gasteiger partial charge in [-0.1, -0.05) is 133 Å². The van der Waals surface area contributed by atoms with Crippen molar-refractivity contribution in [1.82, 2.24) is 24.1 Å². The van der Waals surface area contributed by atoms with Gasteiger partial charge in [0.2, 0.25) is 0 Å². The quantitative estimate of drug-likeness (QED) is 0.166. The van der Waals surface area contributed by atoms with Crippen LogP contribution in [0, 0.1) is 0 Å². The lowest BCUT2D eigenvalue weighted by Crippen LogP contribution is -2.01. The second kappa shape index (κ2) is 15.0. The molecule has 0 aliphatic heterocycles. The number of nitrogens with zero attached hydrogens (tertiary/aromatic N) is 5. The van der Waals surface area contributed by atoms with Crippen LogP contribution in [0.3, 0.4) is 0 Å². The van der Waals surface area contributed by atoms with Crippen LogP contribution in [0.25, 0.3) is 144 Å². The first-order chi connectivity index (χ1) is 34.7. The monoisotopic (exact) mass is 895 g/mol. The summed E-state index contributed by atoms with van der Waals surface area (Å²) < 4.78 is 17.5. The first-order valence-electron chi connectivity index (χ1n) is 23.5. The topological polar surface area (TPSA) is 74.8 Å². The molecule has 10 aromatic carbocycles. The number of furan rings is 2. The Balaban J connectivity index is 0.967. The molecule has 0 aliphatic carbocycles. The highest BCUT2D eigenvalue weighted by molar-refractivity contribution is 6.16. The van der Waals surface area contributed by atoms with Crippen LogP contribution in [-0.2, 0) is 0 Å². The fourth-order valence-electron chi connectivity index (χ4n) is 10.8. The highest BCUT2D eigenvalue weighted by Crippen LogP contribution is 2.42. The van der Waals surface area contributed by atoms with Crippen molar-refractivity contribution in [2.45, 2.75) is 0 Å². The van der Waals surface area contributed by atoms with Gasteiger partial charge in [0, 0.05) is 65.5 Å². The van der Waals surface area contributed by atoms with Crippen molar-refractivity contribution in [3.63, 3.8) is 0 Å². The molecule has 7 heteroatoms. The van der Waals surface area contributed by atoms with Crippen LogP contribution < -0.4 is 0 Å². The zero-order chi connectivity index (χ0) is 45.9. The lowest BCUT2D eigenvalue weighted by molar-refractivity contribution is 0.668. The molecule has 5 heterocycles. The molecule has 0 amide bonds. The molecule has 326 valence electrons. The summed E-state index contributed by atoms with van der Waals surface area (Å²) in [7, 11) is 0. The van der Waals surface area contributed by atoms with E-state index in [1.165, 1.54) is 10.8 Å². The van der Waals surface area contributed by atoms with E-state index in [4.69, 9.17) is 23.8 Å². The summed E-state index contributed by atoms with van der Waals surface area (Å²) in [5.41, 5.74) is 14.8. The van der Waals surface area contributed by atoms with Crippen LogP contribution in [0.4, 0.5) is 0 Å². The smallest absolute Gasteiger partial charge is 0.164 e. The molecule has 15 aromatic rings. The van der Waals surface area contributed by atoms with Crippen molar-refractivity contribution in [3.8, 4) is 56.7 Å². The van der Waals surface area contributed by atoms with Gasteiger partial charge < -0.3 is 18.0 Å². The molecule has 0 fully saturated rings. The van der Waals surface area contributed by atoms with Gasteiger partial charge in [-0.25, -0.2) is 15.0 Å². The van der Waals surface area contributed by atoms with E-state index in [0.29, 0.717) is 17.5 Å². The molecule has 7 nitrogen and oxygen atoms in total. The van der Waals surface area contributed by atoms with Crippen molar-refractivity contribution in [3.05, 3.63) is 224 Å². The average Bonchev–Trinajstić information content (AvgIpc) is 4.18. The SMILES string of the molecule is c1ccc(-c2ccc3oc4ccc(-c5nc(-c6ccc7oc8ccccc8c7c6)nc(-c6ccc7c8ccccc8n(-c8cccc9c%10ccccc%10n(-c%10ccccc%10)c89)c7c6)n5)cc4c3c2)cc1. The molecular formula is C63H37N5O2. The number of para-hydroxylation sites is 5. The third-order valence-corrected chi connectivity index (χ3v) is 14.0. The maximum Gasteiger partial charge on any atom is 0.164 e. The second-order valence-electron chi connectivity index (χ2n) is 18.0. The van der Waals surface area contributed by atoms with E-state index in [9.17, 15) is 0 Å². The molecule has 0 saturated carbocycles. The Kier molecular flexibility index (Phi) is 8.23. The van der Waals surface area contributed by atoms with E-state index in [0.717, 1.165) is 116 Å². The number of rotatable bonds is 6. The van der Waals surface area contributed by atoms with Crippen molar-refractivity contribution >= 4 is 87.5 Å². The Morgan fingerprint density at radius 1 is 0.271 bits per heavy atom. The minimum atomic E-state index is 0.561. The van der Waals surface area contributed by atoms with E-state index >= 15 is 0 Å². The molecule has 0 spiro atoms. The Morgan fingerprint density at radius 2 is 0.729 bits per heavy atom. The van der Waals surface area contributed by atoms with Gasteiger partial charge in [-0.15, -0.1) is 0 Å². The number of hydrogen-bond acceptors (Lipinski definition) is 5. The van der Waals surface area contributed by atoms with Gasteiger partial charge in [-0.3, -0.25) is 0 Å². The largest absolute Gasteiger partial charge is 0.456 e. The number of aromatic nitrogens is 5. The highest BCUT2D eigenvalue weighted by atomic mass is 16.3. The first kappa shape index (κ1) is 38.5. The van der Waals surface area contributed by atoms with E-state index < -0.39 is 0 Å². The fraction of sp³-hybridized carbons (Fsp3) is 0. The summed E-state index contributed by atoms with van der Waals surface area (Å²) in [6, 6.07) is 78.7. The van der Waals surface area contributed by atoms with Gasteiger partial charge >= 0.3 is 0 Å². The predicted octanol–water partition coefficient (Wildman–Crippen LogP) is 16.5. The van der Waals surface area contributed by atoms with Gasteiger partial charge in [0.05, 0.1) is 27.8 Å². The Morgan fingerprint density at radius 3 is 1.40 bits per heavy atom. The van der Waals surface area contributed by atoms with E-state index in [-0.39, 0.29) is 0 Å². The second-order valence-corrected chi connectivity index (χ2v) is 18.0. The Bertz CT molecular complexity index is 4600. The normalized spacial score (nSPS) is 12.0. The first-order valence-corrected chi connectivity index (χ1v) is 23.5. The van der Waals surface area contributed by atoms with Crippen LogP contribution in [0.1, 0.15) is 0 Å². The molecule has 0 saturated heterocycles. The van der Waals surface area contributed by atoms with Crippen molar-refractivity contribution in [2.24, 2.45) is 0 Å². The molecule has 70 heavy (non-hydrogen) atoms. The van der Waals surface area contributed by atoms with Gasteiger partial charge in [0.25, 0.3) is 0 Å². The van der Waals surface area contributed by atoms with Crippen molar-refractivity contribution in [2.75, 3.05) is 0 Å². The number of benzene rings is 10. The zero-order valence-electron chi connectivity index (χ0n) is 37.4. The standard InChI is InChI=1S/C63H37N5O2/c1-3-14-38(15-4-1)39-27-31-58-50(34-39)51-36-41(29-33-59(51)70-58)62-64-61(40-28-32-57-49(35-40)47-20-9-12-25-56(47)69-57)65-63(66-62)42-26-30-46-44-18-7-11-23-53(44)68(55(46)37-42)54-24-13-21-48-45-19-8-10-22-52(45)67(60(48)54)43-16-5-2-6-17-43/h1-37H. The molecule has 0 N–H and O–H groups in total. The van der Waals surface area contributed by atoms with Gasteiger partial charge in [0.1, 0.15) is 22.3 Å². The van der Waals surface area contributed by atoms with Gasteiger partial charge in [-0.2, -0.15) is 0 Å². The molecule has 0 radical (unpaired) electrons. The van der Waals surface area contributed by atoms with Crippen molar-refractivity contribution < 1.29 is 8.83 Å². The third-order valence-electron chi connectivity index (χ3n) is 14.0. The molecule has 0 unspecified atom stereocenters. The molecular weight excluding hydrogens is 859 g/mol. The molecule has 5 aromatic heterocycles. The van der Waals surface area contributed by atoms with Crippen molar-refractivity contribution in [1.29, 1.82) is 0 Å². The van der Waals surface area contributed by atoms with E-state index in [1.807, 2.05) is 48.5 Å². The number of hydrogen-bond donors (Lipinski definition) is 0. The molecule has 0 bridgehead atoms. The maximum absolute atomic E-state index is 6.41. The minimum absolute atomic E-state index is 0.561. The Hall–Kier alpha value is -9.59. The summed E-state index contributed by atoms with van der Waals surface area (Å²) in [5, 5.41) is 8.76. The summed E-state index contributed by atoms with van der Waals surface area (Å²) in [5.74, 6) is 1.69. The summed E-state index contributed by atoms with van der Waals surface area (Å²) in [6.45, 7) is 0. The Labute approximate surface area is 399 Å². The maximum atomic E-state index is 6.41. The predicted molar refractivity (Wildman–Crippen MR) is 285 cm³/mol. The molecule has 15 rings (SSSR count). The van der Waals surface area contributed by atoms with Crippen LogP contribution in [0.15, 0.2) is 233 Å². The summed E-state index contributed by atoms with van der Waals surface area (Å²) in [4.78, 5) is 15.9. The number of fused-ring (bicyclic) bond motifs is 12. The molecule has 0 atom stereocenters.